The number of aryl methyl sites for hydroxylation is 3. The van der Waals surface area contributed by atoms with E-state index in [1.54, 1.807) is 0 Å². The van der Waals surface area contributed by atoms with Crippen LogP contribution >= 0.6 is 35.8 Å². The van der Waals surface area contributed by atoms with E-state index in [0.717, 1.165) is 65.2 Å². The van der Waals surface area contributed by atoms with Crippen LogP contribution in [0.2, 0.25) is 0 Å². The van der Waals surface area contributed by atoms with Gasteiger partial charge in [-0.25, -0.2) is 12.9 Å². The summed E-state index contributed by atoms with van der Waals surface area (Å²) in [5.41, 5.74) is 3.94. The second kappa shape index (κ2) is 16.0. The fourth-order valence-electron chi connectivity index (χ4n) is 4.21. The second-order valence-corrected chi connectivity index (χ2v) is 13.5. The van der Waals surface area contributed by atoms with Crippen LogP contribution in [0.15, 0.2) is 87.5 Å². The second-order valence-electron chi connectivity index (χ2n) is 9.96. The summed E-state index contributed by atoms with van der Waals surface area (Å²) in [5, 5.41) is 3.70. The topological polar surface area (TPSA) is 21.8 Å². The zero-order valence-electron chi connectivity index (χ0n) is 23.1. The average Bonchev–Trinajstić information content (AvgIpc) is 2.92. The van der Waals surface area contributed by atoms with E-state index in [4.69, 9.17) is 0 Å². The maximum Gasteiger partial charge on any atom is 0.0230 e. The summed E-state index contributed by atoms with van der Waals surface area (Å²) in [4.78, 5) is 3.97. The Bertz CT molecular complexity index is 1070. The van der Waals surface area contributed by atoms with Crippen molar-refractivity contribution in [3.8, 4) is 0 Å². The largest absolute Gasteiger partial charge is 0.315 e. The zero-order chi connectivity index (χ0) is 26.6. The molecule has 3 aromatic rings. The summed E-state index contributed by atoms with van der Waals surface area (Å²) >= 11 is 5.71. The fraction of sp³-hybridized carbons (Fsp3) is 0.419. The molecule has 0 unspecified atom stereocenters. The van der Waals surface area contributed by atoms with E-state index in [-0.39, 0.29) is 0 Å². The van der Waals surface area contributed by atoms with Crippen LogP contribution in [0.25, 0.3) is 0 Å². The SMILES string of the molecule is Cc1ccc(SN2CCCN(Sc3ccc(C)cc3)CCN(Sc3ccc(C)cc3)CCCNCC2)cc1. The lowest BCUT2D eigenvalue weighted by atomic mass is 10.2. The van der Waals surface area contributed by atoms with E-state index in [1.165, 1.54) is 31.4 Å². The summed E-state index contributed by atoms with van der Waals surface area (Å²) in [6.45, 7) is 14.9. The van der Waals surface area contributed by atoms with E-state index in [1.807, 2.05) is 35.8 Å². The third-order valence-corrected chi connectivity index (χ3v) is 9.80. The van der Waals surface area contributed by atoms with E-state index in [9.17, 15) is 0 Å². The summed E-state index contributed by atoms with van der Waals surface area (Å²) < 4.78 is 7.67. The molecule has 0 spiro atoms. The Balaban J connectivity index is 1.42. The summed E-state index contributed by atoms with van der Waals surface area (Å²) in [6.07, 6.45) is 2.29. The average molecular weight is 567 g/mol. The van der Waals surface area contributed by atoms with Crippen molar-refractivity contribution >= 4 is 35.8 Å². The third-order valence-electron chi connectivity index (χ3n) is 6.48. The maximum absolute atomic E-state index is 3.70. The standard InChI is InChI=1S/C31H42N4S3/c1-26-6-12-29(13-7-26)36-33-21-5-22-35(38-31-16-10-28(3)11-17-31)25-24-34(20-4-18-32-19-23-33)37-30-14-8-27(2)9-15-30/h6-17,32H,4-5,18-25H2,1-3H3. The van der Waals surface area contributed by atoms with Gasteiger partial charge in [0.25, 0.3) is 0 Å². The Morgan fingerprint density at radius 1 is 0.447 bits per heavy atom. The normalized spacial score (nSPS) is 17.8. The van der Waals surface area contributed by atoms with Crippen molar-refractivity contribution < 1.29 is 0 Å². The molecule has 38 heavy (non-hydrogen) atoms. The van der Waals surface area contributed by atoms with Gasteiger partial charge in [0.1, 0.15) is 0 Å². The maximum atomic E-state index is 3.70. The van der Waals surface area contributed by atoms with Gasteiger partial charge >= 0.3 is 0 Å². The summed E-state index contributed by atoms with van der Waals surface area (Å²) in [6, 6.07) is 26.8. The summed E-state index contributed by atoms with van der Waals surface area (Å²) in [7, 11) is 0. The van der Waals surface area contributed by atoms with Gasteiger partial charge in [-0.05, 0) is 112 Å². The van der Waals surface area contributed by atoms with E-state index in [0.29, 0.717) is 0 Å². The van der Waals surface area contributed by atoms with Crippen LogP contribution in [-0.2, 0) is 0 Å². The van der Waals surface area contributed by atoms with Gasteiger partial charge in [0.05, 0.1) is 0 Å². The molecule has 1 heterocycles. The highest BCUT2D eigenvalue weighted by Crippen LogP contribution is 2.27. The minimum Gasteiger partial charge on any atom is -0.315 e. The van der Waals surface area contributed by atoms with Crippen molar-refractivity contribution in [3.05, 3.63) is 89.5 Å². The van der Waals surface area contributed by atoms with Crippen molar-refractivity contribution in [1.82, 2.24) is 18.2 Å². The Kier molecular flexibility index (Phi) is 12.4. The fourth-order valence-corrected chi connectivity index (χ4v) is 7.07. The van der Waals surface area contributed by atoms with Crippen LogP contribution in [0.4, 0.5) is 0 Å². The first-order valence-corrected chi connectivity index (χ1v) is 16.0. The first-order valence-electron chi connectivity index (χ1n) is 13.7. The van der Waals surface area contributed by atoms with Gasteiger partial charge in [-0.3, -0.25) is 0 Å². The van der Waals surface area contributed by atoms with Crippen molar-refractivity contribution in [2.75, 3.05) is 52.4 Å². The highest BCUT2D eigenvalue weighted by atomic mass is 32.2. The third kappa shape index (κ3) is 10.6. The molecule has 0 aliphatic carbocycles. The molecule has 0 atom stereocenters. The molecule has 0 amide bonds. The molecular formula is C31H42N4S3. The first-order chi connectivity index (χ1) is 18.5. The first kappa shape index (κ1) is 29.5. The Labute approximate surface area is 243 Å². The lowest BCUT2D eigenvalue weighted by Crippen LogP contribution is -2.34. The molecule has 4 nitrogen and oxygen atoms in total. The highest BCUT2D eigenvalue weighted by molar-refractivity contribution is 7.97. The van der Waals surface area contributed by atoms with Gasteiger partial charge in [0, 0.05) is 60.5 Å². The number of benzene rings is 3. The van der Waals surface area contributed by atoms with Crippen LogP contribution in [0.1, 0.15) is 29.5 Å². The summed E-state index contributed by atoms with van der Waals surface area (Å²) in [5.74, 6) is 0. The molecule has 4 rings (SSSR count). The van der Waals surface area contributed by atoms with Gasteiger partial charge < -0.3 is 5.32 Å². The molecule has 3 aromatic carbocycles. The van der Waals surface area contributed by atoms with Crippen LogP contribution in [-0.4, -0.2) is 65.3 Å². The molecule has 1 saturated heterocycles. The molecule has 1 N–H and O–H groups in total. The van der Waals surface area contributed by atoms with Gasteiger partial charge in [-0.15, -0.1) is 0 Å². The van der Waals surface area contributed by atoms with E-state index < -0.39 is 0 Å². The molecule has 0 bridgehead atoms. The molecule has 7 heteroatoms. The zero-order valence-corrected chi connectivity index (χ0v) is 25.5. The number of rotatable bonds is 6. The van der Waals surface area contributed by atoms with E-state index >= 15 is 0 Å². The van der Waals surface area contributed by atoms with Crippen molar-refractivity contribution in [2.24, 2.45) is 0 Å². The van der Waals surface area contributed by atoms with Crippen molar-refractivity contribution in [1.29, 1.82) is 0 Å². The van der Waals surface area contributed by atoms with Crippen LogP contribution in [0.3, 0.4) is 0 Å². The molecule has 1 aliphatic heterocycles. The van der Waals surface area contributed by atoms with Crippen LogP contribution in [0.5, 0.6) is 0 Å². The van der Waals surface area contributed by atoms with Crippen molar-refractivity contribution in [3.63, 3.8) is 0 Å². The monoisotopic (exact) mass is 566 g/mol. The lowest BCUT2D eigenvalue weighted by Gasteiger charge is -2.28. The van der Waals surface area contributed by atoms with Gasteiger partial charge in [0.2, 0.25) is 0 Å². The number of hydrogen-bond donors (Lipinski definition) is 1. The van der Waals surface area contributed by atoms with Crippen molar-refractivity contribution in [2.45, 2.75) is 48.3 Å². The quantitative estimate of drug-likeness (QED) is 0.312. The Morgan fingerprint density at radius 2 is 0.816 bits per heavy atom. The number of hydrogen-bond acceptors (Lipinski definition) is 7. The smallest absolute Gasteiger partial charge is 0.0230 e. The number of nitrogens with one attached hydrogen (secondary N) is 1. The molecule has 204 valence electrons. The van der Waals surface area contributed by atoms with Crippen LogP contribution < -0.4 is 5.32 Å². The minimum atomic E-state index is 1.02. The predicted octanol–water partition coefficient (Wildman–Crippen LogP) is 7.32. The van der Waals surface area contributed by atoms with Gasteiger partial charge in [0.15, 0.2) is 0 Å². The molecule has 0 radical (unpaired) electrons. The van der Waals surface area contributed by atoms with E-state index in [2.05, 4.69) is 112 Å². The van der Waals surface area contributed by atoms with Crippen LogP contribution in [0, 0.1) is 20.8 Å². The molecule has 1 fully saturated rings. The Morgan fingerprint density at radius 3 is 1.24 bits per heavy atom. The molecular weight excluding hydrogens is 525 g/mol. The number of nitrogens with zero attached hydrogens (tertiary/aromatic N) is 3. The molecule has 0 saturated carbocycles. The highest BCUT2D eigenvalue weighted by Gasteiger charge is 2.15. The molecule has 1 aliphatic rings. The van der Waals surface area contributed by atoms with Gasteiger partial charge in [-0.1, -0.05) is 53.1 Å². The Hall–Kier alpha value is -1.45. The predicted molar refractivity (Wildman–Crippen MR) is 168 cm³/mol. The molecule has 0 aromatic heterocycles. The van der Waals surface area contributed by atoms with Gasteiger partial charge in [-0.2, -0.15) is 0 Å². The lowest BCUT2D eigenvalue weighted by molar-refractivity contribution is 0.354. The minimum absolute atomic E-state index is 1.02.